The van der Waals surface area contributed by atoms with E-state index in [2.05, 4.69) is 9.97 Å². The minimum absolute atomic E-state index is 0.610. The van der Waals surface area contributed by atoms with Crippen LogP contribution in [0.4, 0.5) is 0 Å². The van der Waals surface area contributed by atoms with Gasteiger partial charge in [-0.1, -0.05) is 35.9 Å². The van der Waals surface area contributed by atoms with Gasteiger partial charge in [0, 0.05) is 5.02 Å². The van der Waals surface area contributed by atoms with E-state index >= 15 is 0 Å². The Labute approximate surface area is 169 Å². The van der Waals surface area contributed by atoms with Crippen LogP contribution in [-0.2, 0) is 0 Å². The van der Waals surface area contributed by atoms with E-state index in [1.54, 1.807) is 6.07 Å². The molecule has 0 aliphatic rings. The summed E-state index contributed by atoms with van der Waals surface area (Å²) in [5, 5.41) is 0.610. The smallest absolute Gasteiger partial charge is 0.159 e. The molecule has 0 aliphatic heterocycles. The van der Waals surface area contributed by atoms with Crippen molar-refractivity contribution in [3.8, 4) is 23.0 Å². The van der Waals surface area contributed by atoms with Crippen molar-refractivity contribution in [1.82, 2.24) is 29.9 Å². The zero-order chi connectivity index (χ0) is 19.4. The van der Waals surface area contributed by atoms with Gasteiger partial charge < -0.3 is 9.97 Å². The van der Waals surface area contributed by atoms with Crippen molar-refractivity contribution in [1.29, 1.82) is 0 Å². The Hall–Kier alpha value is -3.77. The van der Waals surface area contributed by atoms with Crippen molar-refractivity contribution < 1.29 is 0 Å². The first-order valence-electron chi connectivity index (χ1n) is 9.12. The summed E-state index contributed by atoms with van der Waals surface area (Å²) in [5.41, 5.74) is 6.31. The van der Waals surface area contributed by atoms with Gasteiger partial charge in [0.25, 0.3) is 0 Å². The first-order chi connectivity index (χ1) is 14.2. The molecule has 2 N–H and O–H groups in total. The molecule has 3 aromatic heterocycles. The quantitative estimate of drug-likeness (QED) is 0.412. The monoisotopic (exact) mass is 396 g/mol. The van der Waals surface area contributed by atoms with Gasteiger partial charge in [0.05, 0.1) is 33.1 Å². The average molecular weight is 397 g/mol. The highest BCUT2D eigenvalue weighted by Gasteiger charge is 2.19. The maximum Gasteiger partial charge on any atom is 0.159 e. The van der Waals surface area contributed by atoms with E-state index in [-0.39, 0.29) is 0 Å². The summed E-state index contributed by atoms with van der Waals surface area (Å²) < 4.78 is 0. The van der Waals surface area contributed by atoms with Gasteiger partial charge in [0.2, 0.25) is 0 Å². The summed E-state index contributed by atoms with van der Waals surface area (Å²) in [5.74, 6) is 1.28. The van der Waals surface area contributed by atoms with Gasteiger partial charge in [-0.2, -0.15) is 0 Å². The number of nitrogens with one attached hydrogen (secondary N) is 2. The molecule has 0 radical (unpaired) electrons. The molecule has 0 unspecified atom stereocenters. The number of benzene rings is 3. The normalized spacial score (nSPS) is 11.6. The lowest BCUT2D eigenvalue weighted by Gasteiger charge is -2.06. The largest absolute Gasteiger partial charge is 0.337 e. The van der Waals surface area contributed by atoms with Crippen LogP contribution in [0.15, 0.2) is 66.7 Å². The Morgan fingerprint density at radius 3 is 1.69 bits per heavy atom. The number of rotatable bonds is 2. The van der Waals surface area contributed by atoms with Crippen LogP contribution < -0.4 is 0 Å². The molecule has 0 spiro atoms. The third-order valence-corrected chi connectivity index (χ3v) is 5.09. The molecular weight excluding hydrogens is 384 g/mol. The van der Waals surface area contributed by atoms with Crippen LogP contribution in [0.5, 0.6) is 0 Å². The van der Waals surface area contributed by atoms with E-state index < -0.39 is 0 Å². The summed E-state index contributed by atoms with van der Waals surface area (Å²) in [6.07, 6.45) is 0. The summed E-state index contributed by atoms with van der Waals surface area (Å²) in [6.45, 7) is 0. The Kier molecular flexibility index (Phi) is 3.42. The number of imidazole rings is 2. The number of fused-ring (bicyclic) bond motifs is 3. The molecule has 3 aromatic carbocycles. The molecule has 0 saturated heterocycles. The van der Waals surface area contributed by atoms with Crippen LogP contribution in [0.2, 0.25) is 5.02 Å². The Morgan fingerprint density at radius 1 is 0.552 bits per heavy atom. The zero-order valence-electron chi connectivity index (χ0n) is 15.0. The fraction of sp³-hybridized carbons (Fsp3) is 0. The van der Waals surface area contributed by atoms with E-state index in [1.807, 2.05) is 60.7 Å². The van der Waals surface area contributed by atoms with Crippen LogP contribution in [-0.4, -0.2) is 29.9 Å². The second kappa shape index (κ2) is 6.12. The Morgan fingerprint density at radius 2 is 1.10 bits per heavy atom. The van der Waals surface area contributed by atoms with Crippen LogP contribution in [0.1, 0.15) is 0 Å². The first kappa shape index (κ1) is 16.2. The number of nitrogens with zero attached hydrogens (tertiary/aromatic N) is 4. The van der Waals surface area contributed by atoms with E-state index in [1.165, 1.54) is 0 Å². The highest BCUT2D eigenvalue weighted by molar-refractivity contribution is 6.31. The average Bonchev–Trinajstić information content (AvgIpc) is 3.36. The van der Waals surface area contributed by atoms with Crippen molar-refractivity contribution in [2.24, 2.45) is 0 Å². The molecule has 3 heterocycles. The summed E-state index contributed by atoms with van der Waals surface area (Å²) in [4.78, 5) is 25.8. The van der Waals surface area contributed by atoms with Gasteiger partial charge in [0.1, 0.15) is 11.4 Å². The third-order valence-electron chi connectivity index (χ3n) is 4.85. The summed E-state index contributed by atoms with van der Waals surface area (Å²) in [7, 11) is 0. The molecule has 0 saturated carbocycles. The second-order valence-electron chi connectivity index (χ2n) is 6.76. The Balaban J connectivity index is 1.67. The van der Waals surface area contributed by atoms with Gasteiger partial charge >= 0.3 is 0 Å². The molecule has 138 valence electrons. The second-order valence-corrected chi connectivity index (χ2v) is 7.20. The molecule has 6 rings (SSSR count). The van der Waals surface area contributed by atoms with Crippen molar-refractivity contribution in [2.75, 3.05) is 0 Å². The van der Waals surface area contributed by atoms with E-state index in [0.717, 1.165) is 27.6 Å². The van der Waals surface area contributed by atoms with Crippen LogP contribution in [0.25, 0.3) is 56.1 Å². The van der Waals surface area contributed by atoms with E-state index in [9.17, 15) is 0 Å². The first-order valence-corrected chi connectivity index (χ1v) is 9.50. The lowest BCUT2D eigenvalue weighted by atomic mass is 10.2. The van der Waals surface area contributed by atoms with Gasteiger partial charge in [-0.05, 0) is 42.5 Å². The highest BCUT2D eigenvalue weighted by Crippen LogP contribution is 2.31. The van der Waals surface area contributed by atoms with Crippen molar-refractivity contribution >= 4 is 44.7 Å². The lowest BCUT2D eigenvalue weighted by molar-refractivity contribution is 1.19. The van der Waals surface area contributed by atoms with Crippen LogP contribution in [0.3, 0.4) is 0 Å². The molecular formula is C22H13ClN6. The molecule has 6 nitrogen and oxygen atoms in total. The maximum atomic E-state index is 6.18. The minimum Gasteiger partial charge on any atom is -0.337 e. The fourth-order valence-corrected chi connectivity index (χ4v) is 3.65. The fourth-order valence-electron chi connectivity index (χ4n) is 3.49. The predicted octanol–water partition coefficient (Wildman–Crippen LogP) is 5.37. The molecule has 6 aromatic rings. The Bertz CT molecular complexity index is 1470. The lowest BCUT2D eigenvalue weighted by Crippen LogP contribution is -1.98. The van der Waals surface area contributed by atoms with Crippen LogP contribution in [0, 0.1) is 0 Å². The number of aromatic amines is 2. The summed E-state index contributed by atoms with van der Waals surface area (Å²) in [6, 6.07) is 21.2. The molecule has 29 heavy (non-hydrogen) atoms. The van der Waals surface area contributed by atoms with Crippen molar-refractivity contribution in [3.05, 3.63) is 71.8 Å². The number of H-pyrrole nitrogens is 2. The molecule has 0 fully saturated rings. The third kappa shape index (κ3) is 2.65. The van der Waals surface area contributed by atoms with Gasteiger partial charge in [0.15, 0.2) is 11.6 Å². The maximum absolute atomic E-state index is 6.18. The molecule has 0 aliphatic carbocycles. The van der Waals surface area contributed by atoms with Gasteiger partial charge in [-0.3, -0.25) is 0 Å². The number of halogens is 1. The van der Waals surface area contributed by atoms with Crippen LogP contribution >= 0.6 is 11.6 Å². The number of hydrogen-bond acceptors (Lipinski definition) is 4. The van der Waals surface area contributed by atoms with Crippen molar-refractivity contribution in [2.45, 2.75) is 0 Å². The number of para-hydroxylation sites is 4. The molecule has 0 amide bonds. The van der Waals surface area contributed by atoms with E-state index in [0.29, 0.717) is 33.6 Å². The molecule has 0 atom stereocenters. The highest BCUT2D eigenvalue weighted by atomic mass is 35.5. The number of aromatic nitrogens is 6. The summed E-state index contributed by atoms with van der Waals surface area (Å²) >= 11 is 6.18. The molecule has 7 heteroatoms. The van der Waals surface area contributed by atoms with Crippen molar-refractivity contribution in [3.63, 3.8) is 0 Å². The SMILES string of the molecule is Clc1ccc2nc(-c3nc4ccccc4[nH]3)c(-c3nc4ccccc4[nH]3)nc2c1. The standard InChI is InChI=1S/C22H13ClN6/c23-12-9-10-17-18(11-12)25-20(22-28-15-7-3-4-8-16(15)29-22)19(24-17)21-26-13-5-1-2-6-14(13)27-21/h1-11H,(H,26,27)(H,28,29). The van der Waals surface area contributed by atoms with Gasteiger partial charge in [-0.25, -0.2) is 19.9 Å². The number of hydrogen-bond donors (Lipinski definition) is 2. The topological polar surface area (TPSA) is 83.1 Å². The predicted molar refractivity (Wildman–Crippen MR) is 115 cm³/mol. The zero-order valence-corrected chi connectivity index (χ0v) is 15.8. The van der Waals surface area contributed by atoms with Gasteiger partial charge in [-0.15, -0.1) is 0 Å². The van der Waals surface area contributed by atoms with E-state index in [4.69, 9.17) is 31.5 Å². The minimum atomic E-state index is 0.610. The molecule has 0 bridgehead atoms.